The van der Waals surface area contributed by atoms with Crippen molar-refractivity contribution in [1.82, 2.24) is 4.98 Å². The Morgan fingerprint density at radius 1 is 1.05 bits per heavy atom. The first-order chi connectivity index (χ1) is 9.64. The lowest BCUT2D eigenvalue weighted by atomic mass is 10.3. The molecule has 0 saturated carbocycles. The molecule has 0 unspecified atom stereocenters. The second-order valence-corrected chi connectivity index (χ2v) is 11.5. The van der Waals surface area contributed by atoms with Crippen molar-refractivity contribution in [2.75, 3.05) is 0 Å². The number of para-hydroxylation sites is 1. The standard InChI is InChI=1S/C17H23NS3/c1-16(2,3)19-11-14(21-17(4,5)6)15-18-12-9-7-8-10-13(12)20-15/h7-11H,1-6H3/b14-11-. The number of rotatable bonds is 3. The molecule has 0 atom stereocenters. The summed E-state index contributed by atoms with van der Waals surface area (Å²) >= 11 is 5.55. The summed E-state index contributed by atoms with van der Waals surface area (Å²) in [7, 11) is 0. The molecule has 0 aliphatic heterocycles. The van der Waals surface area contributed by atoms with Gasteiger partial charge in [0.15, 0.2) is 0 Å². The van der Waals surface area contributed by atoms with Crippen LogP contribution < -0.4 is 0 Å². The summed E-state index contributed by atoms with van der Waals surface area (Å²) in [6.07, 6.45) is 0. The second kappa shape index (κ2) is 6.35. The van der Waals surface area contributed by atoms with E-state index < -0.39 is 0 Å². The highest BCUT2D eigenvalue weighted by atomic mass is 32.2. The van der Waals surface area contributed by atoms with Crippen LogP contribution in [0.15, 0.2) is 29.7 Å². The zero-order valence-electron chi connectivity index (χ0n) is 13.6. The highest BCUT2D eigenvalue weighted by Gasteiger charge is 2.19. The first kappa shape index (κ1) is 16.9. The number of hydrogen-bond donors (Lipinski definition) is 0. The van der Waals surface area contributed by atoms with E-state index in [1.54, 1.807) is 11.3 Å². The lowest BCUT2D eigenvalue weighted by molar-refractivity contribution is 0.806. The fourth-order valence-electron chi connectivity index (χ4n) is 1.66. The zero-order chi connectivity index (χ0) is 15.7. The Kier molecular flexibility index (Phi) is 5.11. The normalized spacial score (nSPS) is 13.9. The molecule has 0 spiro atoms. The summed E-state index contributed by atoms with van der Waals surface area (Å²) < 4.78 is 1.66. The van der Waals surface area contributed by atoms with Gasteiger partial charge >= 0.3 is 0 Å². The van der Waals surface area contributed by atoms with Crippen LogP contribution in [0.5, 0.6) is 0 Å². The molecule has 1 aromatic carbocycles. The molecule has 1 nitrogen and oxygen atoms in total. The fourth-order valence-corrected chi connectivity index (χ4v) is 4.56. The summed E-state index contributed by atoms with van der Waals surface area (Å²) in [4.78, 5) is 6.10. The number of hydrogen-bond acceptors (Lipinski definition) is 4. The number of fused-ring (bicyclic) bond motifs is 1. The largest absolute Gasteiger partial charge is 0.235 e. The Bertz CT molecular complexity index is 609. The Labute approximate surface area is 140 Å². The summed E-state index contributed by atoms with van der Waals surface area (Å²) in [5.41, 5.74) is 1.10. The number of aromatic nitrogens is 1. The van der Waals surface area contributed by atoms with E-state index in [4.69, 9.17) is 4.98 Å². The lowest BCUT2D eigenvalue weighted by Crippen LogP contribution is -2.08. The van der Waals surface area contributed by atoms with Gasteiger partial charge in [-0.15, -0.1) is 34.9 Å². The molecule has 0 aliphatic carbocycles. The van der Waals surface area contributed by atoms with Crippen molar-refractivity contribution in [3.05, 3.63) is 34.7 Å². The number of thiazole rings is 1. The lowest BCUT2D eigenvalue weighted by Gasteiger charge is -2.20. The molecule has 0 N–H and O–H groups in total. The highest BCUT2D eigenvalue weighted by molar-refractivity contribution is 8.11. The molecule has 0 radical (unpaired) electrons. The van der Waals surface area contributed by atoms with Gasteiger partial charge < -0.3 is 0 Å². The van der Waals surface area contributed by atoms with E-state index in [0.29, 0.717) is 0 Å². The van der Waals surface area contributed by atoms with E-state index in [0.717, 1.165) is 10.5 Å². The Morgan fingerprint density at radius 2 is 1.71 bits per heavy atom. The summed E-state index contributed by atoms with van der Waals surface area (Å²) in [6.45, 7) is 13.5. The van der Waals surface area contributed by atoms with E-state index in [2.05, 4.69) is 71.2 Å². The van der Waals surface area contributed by atoms with Crippen molar-refractivity contribution in [1.29, 1.82) is 0 Å². The minimum atomic E-state index is 0.183. The number of nitrogens with zero attached hydrogens (tertiary/aromatic N) is 1. The van der Waals surface area contributed by atoms with Crippen LogP contribution in [-0.2, 0) is 0 Å². The molecule has 1 heterocycles. The molecule has 0 fully saturated rings. The first-order valence-corrected chi connectivity index (χ1v) is 9.58. The van der Waals surface area contributed by atoms with Gasteiger partial charge in [-0.3, -0.25) is 0 Å². The van der Waals surface area contributed by atoms with Crippen LogP contribution in [0.4, 0.5) is 0 Å². The van der Waals surface area contributed by atoms with Crippen LogP contribution in [0, 0.1) is 0 Å². The summed E-state index contributed by atoms with van der Waals surface area (Å²) in [5.74, 6) is 0. The number of thioether (sulfide) groups is 2. The average molecular weight is 338 g/mol. The minimum Gasteiger partial charge on any atom is -0.235 e. The molecule has 21 heavy (non-hydrogen) atoms. The van der Waals surface area contributed by atoms with Crippen LogP contribution >= 0.6 is 34.9 Å². The van der Waals surface area contributed by atoms with Crippen molar-refractivity contribution in [2.45, 2.75) is 51.0 Å². The van der Waals surface area contributed by atoms with Gasteiger partial charge in [0.05, 0.1) is 15.1 Å². The third-order valence-corrected chi connectivity index (χ3v) is 5.99. The molecule has 0 aliphatic rings. The van der Waals surface area contributed by atoms with Gasteiger partial charge in [-0.25, -0.2) is 4.98 Å². The molecule has 0 saturated heterocycles. The Morgan fingerprint density at radius 3 is 2.29 bits per heavy atom. The van der Waals surface area contributed by atoms with Crippen molar-refractivity contribution in [3.63, 3.8) is 0 Å². The van der Waals surface area contributed by atoms with E-state index in [1.807, 2.05) is 23.5 Å². The molecule has 0 amide bonds. The predicted octanol–water partition coefficient (Wildman–Crippen LogP) is 6.66. The Hall–Kier alpha value is -0.450. The molecular weight excluding hydrogens is 314 g/mol. The smallest absolute Gasteiger partial charge is 0.131 e. The molecule has 0 bridgehead atoms. The van der Waals surface area contributed by atoms with Crippen molar-refractivity contribution < 1.29 is 0 Å². The molecule has 2 rings (SSSR count). The molecule has 2 aromatic rings. The highest BCUT2D eigenvalue weighted by Crippen LogP contribution is 2.42. The molecule has 1 aromatic heterocycles. The topological polar surface area (TPSA) is 12.9 Å². The fraction of sp³-hybridized carbons (Fsp3) is 0.471. The van der Waals surface area contributed by atoms with Gasteiger partial charge in [-0.1, -0.05) is 53.7 Å². The molecular formula is C17H23NS3. The predicted molar refractivity (Wildman–Crippen MR) is 102 cm³/mol. The monoisotopic (exact) mass is 337 g/mol. The van der Waals surface area contributed by atoms with Gasteiger partial charge in [-0.2, -0.15) is 0 Å². The molecule has 114 valence electrons. The average Bonchev–Trinajstić information content (AvgIpc) is 2.75. The van der Waals surface area contributed by atoms with Crippen LogP contribution in [0.2, 0.25) is 0 Å². The van der Waals surface area contributed by atoms with Crippen LogP contribution in [-0.4, -0.2) is 14.5 Å². The van der Waals surface area contributed by atoms with E-state index >= 15 is 0 Å². The van der Waals surface area contributed by atoms with Crippen molar-refractivity contribution in [2.24, 2.45) is 0 Å². The maximum Gasteiger partial charge on any atom is 0.131 e. The van der Waals surface area contributed by atoms with Crippen molar-refractivity contribution >= 4 is 50.0 Å². The minimum absolute atomic E-state index is 0.183. The third-order valence-electron chi connectivity index (χ3n) is 2.44. The first-order valence-electron chi connectivity index (χ1n) is 7.07. The third kappa shape index (κ3) is 5.35. The molecule has 4 heteroatoms. The maximum absolute atomic E-state index is 4.81. The van der Waals surface area contributed by atoms with Crippen LogP contribution in [0.3, 0.4) is 0 Å². The maximum atomic E-state index is 4.81. The van der Waals surface area contributed by atoms with Gasteiger partial charge in [0.2, 0.25) is 0 Å². The van der Waals surface area contributed by atoms with Gasteiger partial charge in [0.1, 0.15) is 5.01 Å². The van der Waals surface area contributed by atoms with Gasteiger partial charge in [0.25, 0.3) is 0 Å². The Balaban J connectivity index is 2.38. The second-order valence-electron chi connectivity index (χ2n) is 6.91. The van der Waals surface area contributed by atoms with E-state index in [9.17, 15) is 0 Å². The summed E-state index contributed by atoms with van der Waals surface area (Å²) in [6, 6.07) is 8.36. The summed E-state index contributed by atoms with van der Waals surface area (Å²) in [5, 5.41) is 3.42. The zero-order valence-corrected chi connectivity index (χ0v) is 16.0. The van der Waals surface area contributed by atoms with Crippen molar-refractivity contribution in [3.8, 4) is 0 Å². The van der Waals surface area contributed by atoms with Gasteiger partial charge in [0, 0.05) is 9.49 Å². The van der Waals surface area contributed by atoms with E-state index in [1.165, 1.54) is 9.61 Å². The van der Waals surface area contributed by atoms with Crippen LogP contribution in [0.1, 0.15) is 46.6 Å². The van der Waals surface area contributed by atoms with Gasteiger partial charge in [-0.05, 0) is 17.5 Å². The quantitative estimate of drug-likeness (QED) is 0.621. The number of benzene rings is 1. The van der Waals surface area contributed by atoms with Crippen LogP contribution in [0.25, 0.3) is 15.1 Å². The van der Waals surface area contributed by atoms with E-state index in [-0.39, 0.29) is 9.49 Å². The SMILES string of the molecule is CC(C)(C)S/C=C(\SC(C)(C)C)c1nc2ccccc2s1.